The van der Waals surface area contributed by atoms with Gasteiger partial charge in [-0.15, -0.1) is 0 Å². The van der Waals surface area contributed by atoms with Crippen molar-refractivity contribution in [1.29, 1.82) is 0 Å². The number of ketones is 1. The van der Waals surface area contributed by atoms with Gasteiger partial charge in [-0.2, -0.15) is 0 Å². The molecule has 0 saturated heterocycles. The molecule has 1 rings (SSSR count). The zero-order chi connectivity index (χ0) is 10.0. The Hall–Kier alpha value is -1.31. The van der Waals surface area contributed by atoms with E-state index in [1.54, 1.807) is 13.0 Å². The van der Waals surface area contributed by atoms with Crippen LogP contribution in [-0.2, 0) is 4.79 Å². The predicted molar refractivity (Wildman–Crippen MR) is 52.4 cm³/mol. The van der Waals surface area contributed by atoms with Crippen LogP contribution in [0.5, 0.6) is 0 Å². The summed E-state index contributed by atoms with van der Waals surface area (Å²) in [7, 11) is 0. The van der Waals surface area contributed by atoms with E-state index in [9.17, 15) is 4.79 Å². The summed E-state index contributed by atoms with van der Waals surface area (Å²) in [5.74, 6) is 0.125. The molecular weight excluding hydrogens is 164 g/mol. The van der Waals surface area contributed by atoms with E-state index in [0.29, 0.717) is 12.0 Å². The molecule has 2 heteroatoms. The van der Waals surface area contributed by atoms with Crippen LogP contribution in [0.15, 0.2) is 35.6 Å². The van der Waals surface area contributed by atoms with Crippen LogP contribution in [-0.4, -0.2) is 10.9 Å². The molecule has 0 aliphatic heterocycles. The van der Waals surface area contributed by atoms with E-state index >= 15 is 0 Å². The molecule has 0 bridgehead atoms. The van der Waals surface area contributed by atoms with E-state index in [0.717, 1.165) is 17.4 Å². The summed E-state index contributed by atoms with van der Waals surface area (Å²) >= 11 is 0. The van der Waals surface area contributed by atoms with Crippen molar-refractivity contribution in [3.8, 4) is 0 Å². The van der Waals surface area contributed by atoms with E-state index in [4.69, 9.17) is 5.11 Å². The summed E-state index contributed by atoms with van der Waals surface area (Å²) in [4.78, 5) is 11.4. The molecule has 0 saturated carbocycles. The zero-order valence-electron chi connectivity index (χ0n) is 8.00. The van der Waals surface area contributed by atoms with Gasteiger partial charge in [0.25, 0.3) is 0 Å². The molecule has 1 atom stereocenters. The molecule has 1 unspecified atom stereocenters. The molecule has 70 valence electrons. The number of hydrogen-bond donors (Lipinski definition) is 1. The SMILES string of the molecule is C=C(C)C1CC(=O)C(C)=CC1=CO. The standard InChI is InChI=1S/C11H14O2/c1-7(2)10-5-11(13)8(3)4-9(10)6-12/h4,6,10,12H,1,5H2,2-3H3. The summed E-state index contributed by atoms with van der Waals surface area (Å²) in [6, 6.07) is 0. The minimum Gasteiger partial charge on any atom is -0.515 e. The molecule has 0 spiro atoms. The first-order valence-electron chi connectivity index (χ1n) is 4.27. The quantitative estimate of drug-likeness (QED) is 0.495. The fraction of sp³-hybridized carbons (Fsp3) is 0.364. The fourth-order valence-electron chi connectivity index (χ4n) is 1.48. The van der Waals surface area contributed by atoms with Crippen molar-refractivity contribution in [2.75, 3.05) is 0 Å². The molecule has 0 fully saturated rings. The van der Waals surface area contributed by atoms with Gasteiger partial charge in [0.15, 0.2) is 5.78 Å². The van der Waals surface area contributed by atoms with Crippen LogP contribution in [0.1, 0.15) is 20.3 Å². The summed E-state index contributed by atoms with van der Waals surface area (Å²) in [6.45, 7) is 7.44. The van der Waals surface area contributed by atoms with Gasteiger partial charge in [-0.25, -0.2) is 0 Å². The number of aliphatic hydroxyl groups is 1. The van der Waals surface area contributed by atoms with Gasteiger partial charge in [-0.3, -0.25) is 4.79 Å². The van der Waals surface area contributed by atoms with Gasteiger partial charge >= 0.3 is 0 Å². The summed E-state index contributed by atoms with van der Waals surface area (Å²) in [5.41, 5.74) is 2.40. The Bertz CT molecular complexity index is 308. The van der Waals surface area contributed by atoms with E-state index in [-0.39, 0.29) is 11.7 Å². The minimum atomic E-state index is -0.0128. The first-order chi connectivity index (χ1) is 6.06. The third kappa shape index (κ3) is 1.89. The highest BCUT2D eigenvalue weighted by atomic mass is 16.2. The Morgan fingerprint density at radius 2 is 2.38 bits per heavy atom. The molecular formula is C11H14O2. The van der Waals surface area contributed by atoms with Gasteiger partial charge < -0.3 is 5.11 Å². The molecule has 0 aromatic heterocycles. The van der Waals surface area contributed by atoms with Gasteiger partial charge in [0, 0.05) is 12.3 Å². The molecule has 13 heavy (non-hydrogen) atoms. The van der Waals surface area contributed by atoms with E-state index in [2.05, 4.69) is 6.58 Å². The number of Topliss-reactive ketones (excluding diaryl/α,β-unsaturated/α-hetero) is 1. The fourth-order valence-corrected chi connectivity index (χ4v) is 1.48. The Kier molecular flexibility index (Phi) is 2.71. The Balaban J connectivity index is 3.04. The molecule has 1 aliphatic rings. The average Bonchev–Trinajstić information content (AvgIpc) is 2.08. The van der Waals surface area contributed by atoms with Gasteiger partial charge in [-0.05, 0) is 31.1 Å². The highest BCUT2D eigenvalue weighted by Crippen LogP contribution is 2.30. The third-order valence-corrected chi connectivity index (χ3v) is 2.36. The van der Waals surface area contributed by atoms with E-state index in [1.165, 1.54) is 0 Å². The number of allylic oxidation sites excluding steroid dienone is 4. The molecule has 1 N–H and O–H groups in total. The number of hydrogen-bond acceptors (Lipinski definition) is 2. The van der Waals surface area contributed by atoms with Crippen molar-refractivity contribution in [2.45, 2.75) is 20.3 Å². The average molecular weight is 178 g/mol. The van der Waals surface area contributed by atoms with Crippen molar-refractivity contribution in [3.05, 3.63) is 35.6 Å². The highest BCUT2D eigenvalue weighted by molar-refractivity contribution is 5.97. The molecule has 0 amide bonds. The van der Waals surface area contributed by atoms with Crippen LogP contribution >= 0.6 is 0 Å². The topological polar surface area (TPSA) is 37.3 Å². The lowest BCUT2D eigenvalue weighted by atomic mass is 9.82. The van der Waals surface area contributed by atoms with Crippen LogP contribution in [0.25, 0.3) is 0 Å². The normalized spacial score (nSPS) is 26.0. The van der Waals surface area contributed by atoms with Gasteiger partial charge in [0.2, 0.25) is 0 Å². The lowest BCUT2D eigenvalue weighted by Gasteiger charge is -2.21. The zero-order valence-corrected chi connectivity index (χ0v) is 8.00. The predicted octanol–water partition coefficient (Wildman–Crippen LogP) is 2.54. The molecule has 0 radical (unpaired) electrons. The number of aliphatic hydroxyl groups excluding tert-OH is 1. The molecule has 0 heterocycles. The summed E-state index contributed by atoms with van der Waals surface area (Å²) in [6.07, 6.45) is 3.23. The van der Waals surface area contributed by atoms with E-state index in [1.807, 2.05) is 6.92 Å². The molecule has 0 aromatic carbocycles. The Morgan fingerprint density at radius 1 is 1.77 bits per heavy atom. The highest BCUT2D eigenvalue weighted by Gasteiger charge is 2.23. The molecule has 1 aliphatic carbocycles. The van der Waals surface area contributed by atoms with Crippen LogP contribution in [0.2, 0.25) is 0 Å². The van der Waals surface area contributed by atoms with E-state index < -0.39 is 0 Å². The molecule has 2 nitrogen and oxygen atoms in total. The van der Waals surface area contributed by atoms with Gasteiger partial charge in [0.1, 0.15) is 0 Å². The van der Waals surface area contributed by atoms with Crippen LogP contribution in [0.3, 0.4) is 0 Å². The van der Waals surface area contributed by atoms with Crippen LogP contribution in [0.4, 0.5) is 0 Å². The van der Waals surface area contributed by atoms with Crippen molar-refractivity contribution < 1.29 is 9.90 Å². The van der Waals surface area contributed by atoms with Crippen molar-refractivity contribution in [3.63, 3.8) is 0 Å². The number of rotatable bonds is 1. The lowest BCUT2D eigenvalue weighted by Crippen LogP contribution is -2.17. The minimum absolute atomic E-state index is 0.0128. The second-order valence-electron chi connectivity index (χ2n) is 3.48. The Labute approximate surface area is 78.3 Å². The Morgan fingerprint density at radius 3 is 2.85 bits per heavy atom. The first-order valence-corrected chi connectivity index (χ1v) is 4.27. The maximum Gasteiger partial charge on any atom is 0.159 e. The number of carbonyl (C=O) groups is 1. The molecule has 0 aromatic rings. The van der Waals surface area contributed by atoms with Crippen molar-refractivity contribution in [1.82, 2.24) is 0 Å². The van der Waals surface area contributed by atoms with Crippen molar-refractivity contribution >= 4 is 5.78 Å². The number of carbonyl (C=O) groups excluding carboxylic acids is 1. The van der Waals surface area contributed by atoms with Crippen LogP contribution < -0.4 is 0 Å². The second kappa shape index (κ2) is 3.60. The maximum absolute atomic E-state index is 11.4. The summed E-state index contributed by atoms with van der Waals surface area (Å²) in [5, 5.41) is 8.96. The monoisotopic (exact) mass is 178 g/mol. The van der Waals surface area contributed by atoms with Crippen LogP contribution in [0, 0.1) is 5.92 Å². The second-order valence-corrected chi connectivity index (χ2v) is 3.48. The smallest absolute Gasteiger partial charge is 0.159 e. The van der Waals surface area contributed by atoms with Crippen molar-refractivity contribution in [2.24, 2.45) is 5.92 Å². The largest absolute Gasteiger partial charge is 0.515 e. The van der Waals surface area contributed by atoms with Gasteiger partial charge in [-0.1, -0.05) is 12.2 Å². The summed E-state index contributed by atoms with van der Waals surface area (Å²) < 4.78 is 0. The first kappa shape index (κ1) is 9.78. The lowest BCUT2D eigenvalue weighted by molar-refractivity contribution is -0.116. The van der Waals surface area contributed by atoms with Gasteiger partial charge in [0.05, 0.1) is 6.26 Å². The third-order valence-electron chi connectivity index (χ3n) is 2.36. The maximum atomic E-state index is 11.4.